The summed E-state index contributed by atoms with van der Waals surface area (Å²) in [6.07, 6.45) is 0. The molecule has 0 saturated carbocycles. The molecule has 0 heterocycles. The number of nitrogens with one attached hydrogen (secondary N) is 1. The van der Waals surface area contributed by atoms with E-state index in [1.165, 1.54) is 30.3 Å². The smallest absolute Gasteiger partial charge is 0.396 e. The number of hydrogen-bond acceptors (Lipinski definition) is 16. The van der Waals surface area contributed by atoms with Crippen LogP contribution in [-0.4, -0.2) is 52.7 Å². The minimum atomic E-state index is -4.96. The van der Waals surface area contributed by atoms with Gasteiger partial charge in [0, 0.05) is 0 Å². The number of nitrogens with zero attached hydrogens (tertiary/aromatic N) is 6. The number of primary amides is 1. The zero-order chi connectivity index (χ0) is 37.6. The van der Waals surface area contributed by atoms with Crippen molar-refractivity contribution in [3.8, 4) is 0 Å². The molecule has 0 bridgehead atoms. The molecule has 4 rings (SSSR count). The monoisotopic (exact) mass is 760 g/mol. The van der Waals surface area contributed by atoms with Gasteiger partial charge >= 0.3 is 16.4 Å². The molecule has 268 valence electrons. The Morgan fingerprint density at radius 3 is 1.84 bits per heavy atom. The highest BCUT2D eigenvalue weighted by Crippen LogP contribution is 2.43. The van der Waals surface area contributed by atoms with E-state index in [0.29, 0.717) is 5.69 Å². The number of carbonyl (C=O) groups excluding carboxylic acids is 1. The van der Waals surface area contributed by atoms with Gasteiger partial charge in [-0.15, -0.1) is 15.3 Å². The fourth-order valence-electron chi connectivity index (χ4n) is 4.00. The summed E-state index contributed by atoms with van der Waals surface area (Å²) in [6, 6.07) is 16.0. The van der Waals surface area contributed by atoms with Crippen LogP contribution in [0.25, 0.3) is 0 Å². The van der Waals surface area contributed by atoms with Crippen molar-refractivity contribution in [2.45, 2.75) is 16.7 Å². The molecule has 0 spiro atoms. The maximum atomic E-state index is 12.4. The molecule has 51 heavy (non-hydrogen) atoms. The quantitative estimate of drug-likeness (QED) is 0.0540. The van der Waals surface area contributed by atoms with Gasteiger partial charge in [-0.25, -0.2) is 17.4 Å². The molecule has 0 aromatic heterocycles. The van der Waals surface area contributed by atoms with Gasteiger partial charge in [-0.2, -0.15) is 32.2 Å². The Labute approximate surface area is 290 Å². The molecule has 0 saturated heterocycles. The van der Waals surface area contributed by atoms with E-state index in [9.17, 15) is 34.6 Å². The van der Waals surface area contributed by atoms with Crippen molar-refractivity contribution >= 4 is 87.6 Å². The molecule has 0 atom stereocenters. The van der Waals surface area contributed by atoms with E-state index in [1.807, 2.05) is 19.1 Å². The number of rotatable bonds is 13. The van der Waals surface area contributed by atoms with Crippen LogP contribution >= 0.6 is 0 Å². The van der Waals surface area contributed by atoms with Crippen molar-refractivity contribution in [3.05, 3.63) is 78.4 Å². The van der Waals surface area contributed by atoms with Crippen LogP contribution in [0.2, 0.25) is 0 Å². The molecule has 0 radical (unpaired) electrons. The third-order valence-corrected chi connectivity index (χ3v) is 9.51. The summed E-state index contributed by atoms with van der Waals surface area (Å²) in [7, 11) is -13.8. The SMILES string of the molecule is Cc1ccc(N=Nc2ccc(N=Nc3c(N)c(N=Nc4ccc(S(=O)(=O)CCOS(=O)(=O)O)cc4)cc(S(=O)(=O)O)c3N)cc2NC(N)=O)cc1. The van der Waals surface area contributed by atoms with Gasteiger partial charge in [0.05, 0.1) is 51.4 Å². The Balaban J connectivity index is 1.65. The number of benzene rings is 4. The molecule has 0 unspecified atom stereocenters. The molecule has 0 aliphatic heterocycles. The number of nitrogen functional groups attached to an aromatic ring is 2. The van der Waals surface area contributed by atoms with Crippen LogP contribution in [0, 0.1) is 6.92 Å². The first-order valence-corrected chi connectivity index (χ1v) is 18.4. The minimum absolute atomic E-state index is 0.0602. The van der Waals surface area contributed by atoms with Gasteiger partial charge in [-0.3, -0.25) is 9.11 Å². The number of azo groups is 3. The van der Waals surface area contributed by atoms with Gasteiger partial charge in [0.25, 0.3) is 10.1 Å². The number of hydrogen-bond donors (Lipinski definition) is 6. The molecule has 4 aromatic rings. The average Bonchev–Trinajstić information content (AvgIpc) is 3.03. The summed E-state index contributed by atoms with van der Waals surface area (Å²) in [5.41, 5.74) is 17.9. The maximum Gasteiger partial charge on any atom is 0.397 e. The van der Waals surface area contributed by atoms with Gasteiger partial charge < -0.3 is 22.5 Å². The van der Waals surface area contributed by atoms with Gasteiger partial charge in [-0.1, -0.05) is 17.7 Å². The van der Waals surface area contributed by atoms with Crippen molar-refractivity contribution in [1.82, 2.24) is 0 Å². The summed E-state index contributed by atoms with van der Waals surface area (Å²) < 4.78 is 92.9. The molecule has 0 aliphatic carbocycles. The Morgan fingerprint density at radius 2 is 1.27 bits per heavy atom. The van der Waals surface area contributed by atoms with Crippen molar-refractivity contribution in [3.63, 3.8) is 0 Å². The number of urea groups is 1. The molecule has 2 amide bonds. The van der Waals surface area contributed by atoms with E-state index >= 15 is 0 Å². The summed E-state index contributed by atoms with van der Waals surface area (Å²) in [4.78, 5) is 10.6. The van der Waals surface area contributed by atoms with Gasteiger partial charge in [0.15, 0.2) is 9.84 Å². The molecule has 20 nitrogen and oxygen atoms in total. The fourth-order valence-corrected chi connectivity index (χ4v) is 6.13. The first-order chi connectivity index (χ1) is 23.8. The second kappa shape index (κ2) is 15.4. The number of nitrogens with two attached hydrogens (primary N) is 3. The predicted molar refractivity (Wildman–Crippen MR) is 184 cm³/mol. The van der Waals surface area contributed by atoms with Crippen molar-refractivity contribution in [2.24, 2.45) is 36.4 Å². The van der Waals surface area contributed by atoms with Crippen molar-refractivity contribution in [2.75, 3.05) is 29.1 Å². The molecule has 0 aliphatic rings. The second-order valence-electron chi connectivity index (χ2n) is 10.2. The lowest BCUT2D eigenvalue weighted by molar-refractivity contribution is 0.259. The standard InChI is InChI=1S/C28H28N10O10S3/c1-16-2-4-17(5-3-16)33-36-21-11-8-19(14-22(21)32-28(31)39)35-38-27-25(29)23(15-24(26(27)30)50(42,43)44)37-34-18-6-9-20(10-7-18)49(40,41)13-12-48-51(45,46)47/h2-11,14-15H,12-13,29-30H2,1H3,(H3,31,32,39)(H,42,43,44)(H,45,46,47). The average molecular weight is 761 g/mol. The normalized spacial score (nSPS) is 12.6. The Morgan fingerprint density at radius 1 is 0.725 bits per heavy atom. The Kier molecular flexibility index (Phi) is 11.5. The number of sulfone groups is 1. The minimum Gasteiger partial charge on any atom is -0.396 e. The van der Waals surface area contributed by atoms with Gasteiger partial charge in [-0.05, 0) is 67.6 Å². The zero-order valence-electron chi connectivity index (χ0n) is 26.1. The van der Waals surface area contributed by atoms with Crippen LogP contribution in [0.3, 0.4) is 0 Å². The molecular formula is C28H28N10O10S3. The number of carbonyl (C=O) groups is 1. The van der Waals surface area contributed by atoms with Crippen LogP contribution in [0.15, 0.2) is 113 Å². The van der Waals surface area contributed by atoms with Crippen LogP contribution in [0.1, 0.15) is 5.56 Å². The van der Waals surface area contributed by atoms with Crippen LogP contribution in [0.4, 0.5) is 56.0 Å². The third-order valence-electron chi connectivity index (χ3n) is 6.46. The first kappa shape index (κ1) is 38.1. The van der Waals surface area contributed by atoms with Crippen LogP contribution in [-0.2, 0) is 34.5 Å². The highest BCUT2D eigenvalue weighted by Gasteiger charge is 2.23. The van der Waals surface area contributed by atoms with Gasteiger partial charge in [0.1, 0.15) is 22.0 Å². The lowest BCUT2D eigenvalue weighted by atomic mass is 10.2. The summed E-state index contributed by atoms with van der Waals surface area (Å²) in [5.74, 6) is -0.766. The van der Waals surface area contributed by atoms with Crippen molar-refractivity contribution in [1.29, 1.82) is 0 Å². The zero-order valence-corrected chi connectivity index (χ0v) is 28.6. The molecule has 0 fully saturated rings. The number of anilines is 3. The molecule has 9 N–H and O–H groups in total. The Bertz CT molecular complexity index is 2380. The second-order valence-corrected chi connectivity index (χ2v) is 14.8. The molecular weight excluding hydrogens is 733 g/mol. The van der Waals surface area contributed by atoms with E-state index in [1.54, 1.807) is 12.1 Å². The van der Waals surface area contributed by atoms with Crippen LogP contribution < -0.4 is 22.5 Å². The summed E-state index contributed by atoms with van der Waals surface area (Å²) >= 11 is 0. The van der Waals surface area contributed by atoms with E-state index < -0.39 is 65.0 Å². The largest absolute Gasteiger partial charge is 0.397 e. The predicted octanol–water partition coefficient (Wildman–Crippen LogP) is 5.74. The van der Waals surface area contributed by atoms with E-state index in [2.05, 4.69) is 40.2 Å². The van der Waals surface area contributed by atoms with Gasteiger partial charge in [0.2, 0.25) is 0 Å². The van der Waals surface area contributed by atoms with Crippen LogP contribution in [0.5, 0.6) is 0 Å². The highest BCUT2D eigenvalue weighted by molar-refractivity contribution is 7.91. The molecule has 4 aromatic carbocycles. The number of aryl methyl sites for hydroxylation is 1. The van der Waals surface area contributed by atoms with Crippen molar-refractivity contribution < 1.29 is 43.3 Å². The number of amides is 2. The lowest BCUT2D eigenvalue weighted by Crippen LogP contribution is -2.19. The first-order valence-electron chi connectivity index (χ1n) is 14.0. The fraction of sp³-hybridized carbons (Fsp3) is 0.107. The third kappa shape index (κ3) is 10.6. The maximum absolute atomic E-state index is 12.4. The summed E-state index contributed by atoms with van der Waals surface area (Å²) in [5, 5.41) is 26.5. The van der Waals surface area contributed by atoms with E-state index in [-0.39, 0.29) is 39.0 Å². The Hall–Kier alpha value is -5.72. The molecule has 23 heteroatoms. The highest BCUT2D eigenvalue weighted by atomic mass is 32.3. The van der Waals surface area contributed by atoms with E-state index in [0.717, 1.165) is 23.8 Å². The lowest BCUT2D eigenvalue weighted by Gasteiger charge is -2.10. The topological polar surface area (TPSA) is 333 Å². The summed E-state index contributed by atoms with van der Waals surface area (Å²) in [6.45, 7) is 1.08. The van der Waals surface area contributed by atoms with E-state index in [4.69, 9.17) is 21.8 Å².